The Hall–Kier alpha value is -1.92. The van der Waals surface area contributed by atoms with Crippen LogP contribution in [0.3, 0.4) is 0 Å². The maximum absolute atomic E-state index is 12.5. The first-order chi connectivity index (χ1) is 32.5. The number of unbranched alkanes of at least 4 members (excludes halogenated alkanes) is 37. The van der Waals surface area contributed by atoms with Crippen molar-refractivity contribution in [2.75, 3.05) is 13.2 Å². The first-order valence-electron chi connectivity index (χ1n) is 29.2. The van der Waals surface area contributed by atoms with Gasteiger partial charge in [0.1, 0.15) is 0 Å². The van der Waals surface area contributed by atoms with Gasteiger partial charge in [0.15, 0.2) is 0 Å². The lowest BCUT2D eigenvalue weighted by Crippen LogP contribution is -2.45. The van der Waals surface area contributed by atoms with E-state index in [2.05, 4.69) is 55.6 Å². The quantitative estimate of drug-likeness (QED) is 0.0321. The van der Waals surface area contributed by atoms with Crippen molar-refractivity contribution in [3.8, 4) is 0 Å². The van der Waals surface area contributed by atoms with Gasteiger partial charge in [-0.25, -0.2) is 0 Å². The molecule has 0 saturated heterocycles. The number of aliphatic hydroxyl groups is 2. The van der Waals surface area contributed by atoms with Crippen molar-refractivity contribution in [3.05, 3.63) is 36.5 Å². The van der Waals surface area contributed by atoms with Gasteiger partial charge < -0.3 is 20.3 Å². The Kier molecular flexibility index (Phi) is 54.1. The molecule has 0 aromatic rings. The molecule has 0 fully saturated rings. The van der Waals surface area contributed by atoms with Crippen LogP contribution in [0, 0.1) is 0 Å². The van der Waals surface area contributed by atoms with Crippen LogP contribution in [0.15, 0.2) is 36.5 Å². The summed E-state index contributed by atoms with van der Waals surface area (Å²) in [7, 11) is 0. The average Bonchev–Trinajstić information content (AvgIpc) is 3.32. The molecule has 6 heteroatoms. The van der Waals surface area contributed by atoms with Crippen LogP contribution in [-0.4, -0.2) is 47.4 Å². The molecule has 0 heterocycles. The SMILES string of the molecule is CCCC/C=C\C/C=C\CCCCCCCC(=O)OCCCCCCCCCCCCC/C=C\CCCCCCCCCC(=O)NC(CO)C(O)CCCCCCCCCCCCCCC. The van der Waals surface area contributed by atoms with Crippen molar-refractivity contribution in [2.24, 2.45) is 0 Å². The van der Waals surface area contributed by atoms with Crippen LogP contribution >= 0.6 is 0 Å². The molecule has 0 aliphatic carbocycles. The molecule has 2 unspecified atom stereocenters. The summed E-state index contributed by atoms with van der Waals surface area (Å²) in [5.74, 6) is -0.0470. The van der Waals surface area contributed by atoms with Crippen LogP contribution in [-0.2, 0) is 14.3 Å². The highest BCUT2D eigenvalue weighted by Gasteiger charge is 2.20. The number of aliphatic hydroxyl groups excluding tert-OH is 2. The molecule has 388 valence electrons. The Balaban J connectivity index is 3.42. The minimum Gasteiger partial charge on any atom is -0.466 e. The van der Waals surface area contributed by atoms with Crippen molar-refractivity contribution >= 4 is 11.9 Å². The molecule has 2 atom stereocenters. The maximum Gasteiger partial charge on any atom is 0.305 e. The molecule has 0 aromatic carbocycles. The summed E-state index contributed by atoms with van der Waals surface area (Å²) in [6, 6.07) is -0.546. The van der Waals surface area contributed by atoms with Gasteiger partial charge in [-0.2, -0.15) is 0 Å². The number of hydrogen-bond acceptors (Lipinski definition) is 5. The number of rotatable bonds is 54. The summed E-state index contributed by atoms with van der Waals surface area (Å²) in [5, 5.41) is 23.2. The molecular formula is C60H113NO5. The summed E-state index contributed by atoms with van der Waals surface area (Å²) < 4.78 is 5.47. The fourth-order valence-electron chi connectivity index (χ4n) is 8.89. The van der Waals surface area contributed by atoms with Gasteiger partial charge in [0.2, 0.25) is 5.91 Å². The van der Waals surface area contributed by atoms with E-state index in [0.29, 0.717) is 25.9 Å². The highest BCUT2D eigenvalue weighted by atomic mass is 16.5. The zero-order valence-electron chi connectivity index (χ0n) is 44.2. The van der Waals surface area contributed by atoms with Crippen LogP contribution in [0.25, 0.3) is 0 Å². The molecule has 0 bridgehead atoms. The summed E-state index contributed by atoms with van der Waals surface area (Å²) in [6.45, 7) is 4.90. The van der Waals surface area contributed by atoms with E-state index in [9.17, 15) is 19.8 Å². The third-order valence-corrected chi connectivity index (χ3v) is 13.4. The van der Waals surface area contributed by atoms with Crippen molar-refractivity contribution in [1.82, 2.24) is 5.32 Å². The van der Waals surface area contributed by atoms with Crippen LogP contribution in [0.1, 0.15) is 309 Å². The standard InChI is InChI=1S/C60H113NO5/c1-3-5-7-9-11-13-15-17-30-34-38-42-46-50-54-60(65)66-55-51-47-43-39-35-31-27-25-23-21-19-18-20-22-24-26-29-33-37-41-45-49-53-59(64)61-57(56-62)58(63)52-48-44-40-36-32-28-16-14-12-10-8-6-4-2/h9,11,15,17,20,22,57-58,62-63H,3-8,10,12-14,16,18-19,21,23-56H2,1-2H3,(H,61,64)/b11-9-,17-15-,22-20-. The van der Waals surface area contributed by atoms with E-state index in [0.717, 1.165) is 51.4 Å². The number of ether oxygens (including phenoxy) is 1. The summed E-state index contributed by atoms with van der Waals surface area (Å²) in [6.07, 6.45) is 68.5. The van der Waals surface area contributed by atoms with Gasteiger partial charge in [-0.1, -0.05) is 256 Å². The predicted octanol–water partition coefficient (Wildman–Crippen LogP) is 18.0. The number of allylic oxidation sites excluding steroid dienone is 6. The van der Waals surface area contributed by atoms with E-state index in [1.165, 1.54) is 225 Å². The normalized spacial score (nSPS) is 12.8. The molecule has 3 N–H and O–H groups in total. The van der Waals surface area contributed by atoms with Gasteiger partial charge in [-0.3, -0.25) is 9.59 Å². The topological polar surface area (TPSA) is 95.9 Å². The molecule has 6 nitrogen and oxygen atoms in total. The number of hydrogen-bond donors (Lipinski definition) is 3. The second-order valence-electron chi connectivity index (χ2n) is 20.0. The molecule has 0 rings (SSSR count). The highest BCUT2D eigenvalue weighted by Crippen LogP contribution is 2.17. The number of carbonyl (C=O) groups excluding carboxylic acids is 2. The second kappa shape index (κ2) is 55.7. The molecule has 1 amide bonds. The van der Waals surface area contributed by atoms with Gasteiger partial charge >= 0.3 is 5.97 Å². The van der Waals surface area contributed by atoms with Crippen molar-refractivity contribution in [2.45, 2.75) is 321 Å². The van der Waals surface area contributed by atoms with E-state index in [1.807, 2.05) is 0 Å². The lowest BCUT2D eigenvalue weighted by Gasteiger charge is -2.22. The van der Waals surface area contributed by atoms with Crippen molar-refractivity contribution < 1.29 is 24.5 Å². The average molecular weight is 929 g/mol. The molecule has 0 radical (unpaired) electrons. The van der Waals surface area contributed by atoms with E-state index in [1.54, 1.807) is 0 Å². The predicted molar refractivity (Wildman–Crippen MR) is 287 cm³/mol. The molecule has 0 spiro atoms. The number of nitrogens with one attached hydrogen (secondary N) is 1. The second-order valence-corrected chi connectivity index (χ2v) is 20.0. The van der Waals surface area contributed by atoms with Gasteiger partial charge in [0, 0.05) is 12.8 Å². The smallest absolute Gasteiger partial charge is 0.305 e. The Morgan fingerprint density at radius 1 is 0.424 bits per heavy atom. The van der Waals surface area contributed by atoms with E-state index in [-0.39, 0.29) is 18.5 Å². The van der Waals surface area contributed by atoms with E-state index >= 15 is 0 Å². The Morgan fingerprint density at radius 3 is 1.21 bits per heavy atom. The molecular weight excluding hydrogens is 815 g/mol. The van der Waals surface area contributed by atoms with Crippen molar-refractivity contribution in [1.29, 1.82) is 0 Å². The van der Waals surface area contributed by atoms with Crippen LogP contribution in [0.5, 0.6) is 0 Å². The van der Waals surface area contributed by atoms with E-state index < -0.39 is 12.1 Å². The Morgan fingerprint density at radius 2 is 0.773 bits per heavy atom. The molecule has 0 aliphatic rings. The maximum atomic E-state index is 12.5. The zero-order chi connectivity index (χ0) is 47.9. The molecule has 0 saturated carbocycles. The van der Waals surface area contributed by atoms with Gasteiger partial charge in [0.25, 0.3) is 0 Å². The molecule has 0 aromatic heterocycles. The van der Waals surface area contributed by atoms with Crippen LogP contribution in [0.2, 0.25) is 0 Å². The third-order valence-electron chi connectivity index (χ3n) is 13.4. The lowest BCUT2D eigenvalue weighted by molar-refractivity contribution is -0.143. The Bertz CT molecular complexity index is 1070. The van der Waals surface area contributed by atoms with Gasteiger partial charge in [-0.15, -0.1) is 0 Å². The summed E-state index contributed by atoms with van der Waals surface area (Å²) in [5.41, 5.74) is 0. The van der Waals surface area contributed by atoms with Crippen LogP contribution < -0.4 is 5.32 Å². The summed E-state index contributed by atoms with van der Waals surface area (Å²) in [4.78, 5) is 24.5. The largest absolute Gasteiger partial charge is 0.466 e. The zero-order valence-corrected chi connectivity index (χ0v) is 44.2. The van der Waals surface area contributed by atoms with Crippen molar-refractivity contribution in [3.63, 3.8) is 0 Å². The third kappa shape index (κ3) is 51.5. The molecule has 0 aliphatic heterocycles. The fourth-order valence-corrected chi connectivity index (χ4v) is 8.89. The monoisotopic (exact) mass is 928 g/mol. The fraction of sp³-hybridized carbons (Fsp3) is 0.867. The lowest BCUT2D eigenvalue weighted by atomic mass is 10.0. The van der Waals surface area contributed by atoms with Gasteiger partial charge in [-0.05, 0) is 77.0 Å². The number of esters is 1. The number of carbonyl (C=O) groups is 2. The summed E-state index contributed by atoms with van der Waals surface area (Å²) >= 11 is 0. The first-order valence-corrected chi connectivity index (χ1v) is 29.2. The molecule has 66 heavy (non-hydrogen) atoms. The minimum absolute atomic E-state index is 0.00489. The Labute approximate surface area is 411 Å². The van der Waals surface area contributed by atoms with Crippen LogP contribution in [0.4, 0.5) is 0 Å². The minimum atomic E-state index is -0.668. The van der Waals surface area contributed by atoms with E-state index in [4.69, 9.17) is 4.74 Å². The van der Waals surface area contributed by atoms with Gasteiger partial charge in [0.05, 0.1) is 25.4 Å². The number of amides is 1. The highest BCUT2D eigenvalue weighted by molar-refractivity contribution is 5.76. The first kappa shape index (κ1) is 64.1.